The van der Waals surface area contributed by atoms with E-state index in [1.54, 1.807) is 5.54 Å². The van der Waals surface area contributed by atoms with E-state index in [9.17, 15) is 0 Å². The summed E-state index contributed by atoms with van der Waals surface area (Å²) in [7, 11) is 0. The summed E-state index contributed by atoms with van der Waals surface area (Å²) in [5, 5.41) is 3.48. The minimum absolute atomic E-state index is 0.563. The standard InChI is InChI=1S/C15H21ClN2/c1-13(10-16)12-18-8-7-17-11-15(18)9-14-5-3-2-4-6-14/h2-6,10,15,17H,7-9,11-12H2,1H3/b13-10-. The number of halogens is 1. The highest BCUT2D eigenvalue weighted by molar-refractivity contribution is 6.25. The zero-order valence-electron chi connectivity index (χ0n) is 10.9. The first-order chi connectivity index (χ1) is 8.79. The van der Waals surface area contributed by atoms with Gasteiger partial charge in [-0.25, -0.2) is 0 Å². The first-order valence-corrected chi connectivity index (χ1v) is 6.98. The largest absolute Gasteiger partial charge is 0.314 e. The molecule has 0 amide bonds. The van der Waals surface area contributed by atoms with Crippen LogP contribution < -0.4 is 5.32 Å². The monoisotopic (exact) mass is 264 g/mol. The summed E-state index contributed by atoms with van der Waals surface area (Å²) in [5.41, 5.74) is 4.34. The summed E-state index contributed by atoms with van der Waals surface area (Å²) in [6.07, 6.45) is 1.10. The van der Waals surface area contributed by atoms with Crippen LogP contribution in [-0.2, 0) is 6.42 Å². The van der Waals surface area contributed by atoms with Gasteiger partial charge in [0.2, 0.25) is 0 Å². The van der Waals surface area contributed by atoms with Crippen LogP contribution in [-0.4, -0.2) is 37.1 Å². The molecule has 0 bridgehead atoms. The van der Waals surface area contributed by atoms with E-state index in [-0.39, 0.29) is 0 Å². The van der Waals surface area contributed by atoms with Crippen molar-refractivity contribution in [3.05, 3.63) is 47.0 Å². The first kappa shape index (κ1) is 13.6. The summed E-state index contributed by atoms with van der Waals surface area (Å²) >= 11 is 5.77. The summed E-state index contributed by atoms with van der Waals surface area (Å²) < 4.78 is 0. The van der Waals surface area contributed by atoms with Gasteiger partial charge in [-0.2, -0.15) is 0 Å². The molecule has 1 aromatic rings. The highest BCUT2D eigenvalue weighted by atomic mass is 35.5. The average molecular weight is 265 g/mol. The second kappa shape index (κ2) is 6.93. The Morgan fingerprint density at radius 2 is 2.22 bits per heavy atom. The van der Waals surface area contributed by atoms with Crippen molar-refractivity contribution in [3.63, 3.8) is 0 Å². The molecule has 1 unspecified atom stereocenters. The van der Waals surface area contributed by atoms with Gasteiger partial charge in [0.05, 0.1) is 0 Å². The lowest BCUT2D eigenvalue weighted by Gasteiger charge is -2.36. The van der Waals surface area contributed by atoms with Crippen LogP contribution in [0, 0.1) is 0 Å². The van der Waals surface area contributed by atoms with Crippen molar-refractivity contribution in [2.75, 3.05) is 26.2 Å². The Morgan fingerprint density at radius 3 is 2.94 bits per heavy atom. The maximum Gasteiger partial charge on any atom is 0.0264 e. The molecule has 1 saturated heterocycles. The molecule has 1 atom stereocenters. The van der Waals surface area contributed by atoms with Crippen LogP contribution >= 0.6 is 11.6 Å². The maximum absolute atomic E-state index is 5.77. The van der Waals surface area contributed by atoms with E-state index >= 15 is 0 Å². The molecule has 1 N–H and O–H groups in total. The van der Waals surface area contributed by atoms with Crippen molar-refractivity contribution in [2.24, 2.45) is 0 Å². The van der Waals surface area contributed by atoms with Gasteiger partial charge in [0.1, 0.15) is 0 Å². The van der Waals surface area contributed by atoms with Gasteiger partial charge in [-0.05, 0) is 24.5 Å². The van der Waals surface area contributed by atoms with E-state index in [1.807, 2.05) is 0 Å². The van der Waals surface area contributed by atoms with Crippen molar-refractivity contribution < 1.29 is 0 Å². The molecule has 1 fully saturated rings. The quantitative estimate of drug-likeness (QED) is 0.900. The van der Waals surface area contributed by atoms with Crippen LogP contribution in [0.3, 0.4) is 0 Å². The average Bonchev–Trinajstić information content (AvgIpc) is 2.42. The Labute approximate surface area is 115 Å². The molecule has 2 rings (SSSR count). The van der Waals surface area contributed by atoms with E-state index in [2.05, 4.69) is 47.5 Å². The minimum Gasteiger partial charge on any atom is -0.314 e. The topological polar surface area (TPSA) is 15.3 Å². The van der Waals surface area contributed by atoms with Crippen molar-refractivity contribution in [1.82, 2.24) is 10.2 Å². The molecule has 1 heterocycles. The summed E-state index contributed by atoms with van der Waals surface area (Å²) in [4.78, 5) is 2.53. The van der Waals surface area contributed by atoms with Crippen molar-refractivity contribution >= 4 is 11.6 Å². The fourth-order valence-electron chi connectivity index (χ4n) is 2.45. The lowest BCUT2D eigenvalue weighted by molar-refractivity contribution is 0.174. The van der Waals surface area contributed by atoms with Gasteiger partial charge in [-0.3, -0.25) is 4.90 Å². The van der Waals surface area contributed by atoms with Gasteiger partial charge in [0.25, 0.3) is 0 Å². The molecule has 1 aliphatic heterocycles. The smallest absolute Gasteiger partial charge is 0.0264 e. The van der Waals surface area contributed by atoms with E-state index in [1.165, 1.54) is 11.1 Å². The lowest BCUT2D eigenvalue weighted by Crippen LogP contribution is -2.52. The molecule has 2 nitrogen and oxygen atoms in total. The summed E-state index contributed by atoms with van der Waals surface area (Å²) in [6.45, 7) is 6.29. The second-order valence-electron chi connectivity index (χ2n) is 4.97. The van der Waals surface area contributed by atoms with Crippen LogP contribution in [0.4, 0.5) is 0 Å². The Bertz CT molecular complexity index is 389. The summed E-state index contributed by atoms with van der Waals surface area (Å²) in [6, 6.07) is 11.3. The number of nitrogens with one attached hydrogen (secondary N) is 1. The van der Waals surface area contributed by atoms with Gasteiger partial charge in [0, 0.05) is 37.8 Å². The SMILES string of the molecule is C/C(=C/Cl)CN1CCNCC1Cc1ccccc1. The lowest BCUT2D eigenvalue weighted by atomic mass is 10.0. The molecule has 1 aromatic carbocycles. The van der Waals surface area contributed by atoms with Crippen LogP contribution in [0.5, 0.6) is 0 Å². The van der Waals surface area contributed by atoms with Crippen LogP contribution in [0.15, 0.2) is 41.4 Å². The molecule has 3 heteroatoms. The molecule has 98 valence electrons. The fraction of sp³-hybridized carbons (Fsp3) is 0.467. The zero-order valence-corrected chi connectivity index (χ0v) is 11.7. The molecule has 18 heavy (non-hydrogen) atoms. The number of piperazine rings is 1. The Morgan fingerprint density at radius 1 is 1.44 bits per heavy atom. The van der Waals surface area contributed by atoms with Crippen molar-refractivity contribution in [1.29, 1.82) is 0 Å². The van der Waals surface area contributed by atoms with Gasteiger partial charge in [-0.1, -0.05) is 41.9 Å². The van der Waals surface area contributed by atoms with Gasteiger partial charge >= 0.3 is 0 Å². The minimum atomic E-state index is 0.563. The van der Waals surface area contributed by atoms with Gasteiger partial charge in [0.15, 0.2) is 0 Å². The number of hydrogen-bond donors (Lipinski definition) is 1. The molecule has 0 aliphatic carbocycles. The third-order valence-electron chi connectivity index (χ3n) is 3.43. The van der Waals surface area contributed by atoms with E-state index < -0.39 is 0 Å². The second-order valence-corrected chi connectivity index (χ2v) is 5.19. The van der Waals surface area contributed by atoms with E-state index in [0.29, 0.717) is 6.04 Å². The molecular weight excluding hydrogens is 244 g/mol. The third kappa shape index (κ3) is 3.84. The fourth-order valence-corrected chi connectivity index (χ4v) is 2.52. The highest BCUT2D eigenvalue weighted by Gasteiger charge is 2.22. The first-order valence-electron chi connectivity index (χ1n) is 6.54. The number of rotatable bonds is 4. The predicted octanol–water partition coefficient (Wildman–Crippen LogP) is 2.65. The van der Waals surface area contributed by atoms with Gasteiger partial charge < -0.3 is 5.32 Å². The van der Waals surface area contributed by atoms with Crippen molar-refractivity contribution in [2.45, 2.75) is 19.4 Å². The van der Waals surface area contributed by atoms with Gasteiger partial charge in [-0.15, -0.1) is 0 Å². The summed E-state index contributed by atoms with van der Waals surface area (Å²) in [5.74, 6) is 0. The van der Waals surface area contributed by atoms with E-state index in [0.717, 1.165) is 32.6 Å². The Balaban J connectivity index is 1.99. The van der Waals surface area contributed by atoms with Crippen LogP contribution in [0.25, 0.3) is 0 Å². The maximum atomic E-state index is 5.77. The predicted molar refractivity (Wildman–Crippen MR) is 78.0 cm³/mol. The normalized spacial score (nSPS) is 22.1. The Hall–Kier alpha value is -0.830. The van der Waals surface area contributed by atoms with Crippen molar-refractivity contribution in [3.8, 4) is 0 Å². The number of hydrogen-bond acceptors (Lipinski definition) is 2. The molecular formula is C15H21ClN2. The number of nitrogens with zero attached hydrogens (tertiary/aromatic N) is 1. The Kier molecular flexibility index (Phi) is 5.24. The molecule has 0 radical (unpaired) electrons. The number of benzene rings is 1. The van der Waals surface area contributed by atoms with Crippen LogP contribution in [0.2, 0.25) is 0 Å². The third-order valence-corrected chi connectivity index (χ3v) is 3.80. The zero-order chi connectivity index (χ0) is 12.8. The molecule has 0 aromatic heterocycles. The highest BCUT2D eigenvalue weighted by Crippen LogP contribution is 2.13. The molecule has 0 spiro atoms. The van der Waals surface area contributed by atoms with Crippen LogP contribution in [0.1, 0.15) is 12.5 Å². The molecule has 0 saturated carbocycles. The van der Waals surface area contributed by atoms with E-state index in [4.69, 9.17) is 11.6 Å². The molecule has 1 aliphatic rings.